The van der Waals surface area contributed by atoms with Gasteiger partial charge in [0.15, 0.2) is 0 Å². The van der Waals surface area contributed by atoms with Crippen LogP contribution < -0.4 is 0 Å². The van der Waals surface area contributed by atoms with Crippen LogP contribution in [0.25, 0.3) is 11.0 Å². The van der Waals surface area contributed by atoms with E-state index in [9.17, 15) is 0 Å². The summed E-state index contributed by atoms with van der Waals surface area (Å²) in [6.45, 7) is 3.99. The van der Waals surface area contributed by atoms with Gasteiger partial charge in [-0.3, -0.25) is 0 Å². The van der Waals surface area contributed by atoms with Crippen molar-refractivity contribution in [2.75, 3.05) is 0 Å². The first-order valence-electron chi connectivity index (χ1n) is 3.33. The van der Waals surface area contributed by atoms with Crippen LogP contribution in [-0.4, -0.2) is 27.9 Å². The Hall–Kier alpha value is -0.731. The van der Waals surface area contributed by atoms with E-state index >= 15 is 0 Å². The van der Waals surface area contributed by atoms with Crippen LogP contribution in [0.4, 0.5) is 0 Å². The molecule has 0 aliphatic carbocycles. The van der Waals surface area contributed by atoms with Crippen molar-refractivity contribution >= 4 is 26.0 Å². The van der Waals surface area contributed by atoms with Crippen LogP contribution in [0.3, 0.4) is 0 Å². The number of hydrogen-bond donors (Lipinski definition) is 0. The van der Waals surface area contributed by atoms with Crippen molar-refractivity contribution < 1.29 is 0 Å². The van der Waals surface area contributed by atoms with E-state index in [0.29, 0.717) is 0 Å². The topological polar surface area (TPSA) is 38.7 Å². The van der Waals surface area contributed by atoms with E-state index in [-0.39, 0.29) is 15.0 Å². The van der Waals surface area contributed by atoms with E-state index in [1.807, 2.05) is 20.0 Å². The SMILES string of the molecule is Cc1cnc(C)c2n[se]nc12. The second kappa shape index (κ2) is 2.39. The van der Waals surface area contributed by atoms with Crippen LogP contribution in [0.15, 0.2) is 6.20 Å². The van der Waals surface area contributed by atoms with Gasteiger partial charge in [-0.1, -0.05) is 0 Å². The zero-order valence-corrected chi connectivity index (χ0v) is 8.04. The summed E-state index contributed by atoms with van der Waals surface area (Å²) in [6, 6.07) is 0. The van der Waals surface area contributed by atoms with E-state index in [1.54, 1.807) is 0 Å². The van der Waals surface area contributed by atoms with Crippen molar-refractivity contribution in [2.24, 2.45) is 0 Å². The van der Waals surface area contributed by atoms with Gasteiger partial charge in [0.25, 0.3) is 0 Å². The molecule has 2 heterocycles. The van der Waals surface area contributed by atoms with Gasteiger partial charge in [-0.15, -0.1) is 0 Å². The second-order valence-corrected chi connectivity index (χ2v) is 3.60. The van der Waals surface area contributed by atoms with Gasteiger partial charge < -0.3 is 0 Å². The van der Waals surface area contributed by atoms with Crippen molar-refractivity contribution in [1.82, 2.24) is 12.9 Å². The van der Waals surface area contributed by atoms with E-state index in [2.05, 4.69) is 12.9 Å². The molecule has 2 rings (SSSR count). The minimum absolute atomic E-state index is 0.0703. The van der Waals surface area contributed by atoms with Gasteiger partial charge in [0.2, 0.25) is 0 Å². The molecule has 0 saturated heterocycles. The molecular weight excluding hydrogens is 205 g/mol. The van der Waals surface area contributed by atoms with Crippen molar-refractivity contribution in [3.05, 3.63) is 17.5 Å². The third kappa shape index (κ3) is 0.988. The Morgan fingerprint density at radius 2 is 1.91 bits per heavy atom. The summed E-state index contributed by atoms with van der Waals surface area (Å²) in [5.74, 6) is 0. The summed E-state index contributed by atoms with van der Waals surface area (Å²) in [7, 11) is 0. The number of aromatic nitrogens is 3. The fourth-order valence-corrected chi connectivity index (χ4v) is 2.37. The van der Waals surface area contributed by atoms with Gasteiger partial charge >= 0.3 is 70.2 Å². The van der Waals surface area contributed by atoms with Crippen LogP contribution in [0.1, 0.15) is 11.3 Å². The molecule has 0 atom stereocenters. The zero-order chi connectivity index (χ0) is 7.84. The Kier molecular flexibility index (Phi) is 1.51. The van der Waals surface area contributed by atoms with E-state index in [0.717, 1.165) is 22.3 Å². The van der Waals surface area contributed by atoms with E-state index < -0.39 is 0 Å². The maximum atomic E-state index is 4.32. The molecule has 4 heteroatoms. The summed E-state index contributed by atoms with van der Waals surface area (Å²) < 4.78 is 8.61. The summed E-state index contributed by atoms with van der Waals surface area (Å²) in [5.41, 5.74) is 4.19. The molecule has 0 bridgehead atoms. The molecule has 0 radical (unpaired) electrons. The average molecular weight is 212 g/mol. The Labute approximate surface area is 70.7 Å². The number of nitrogens with zero attached hydrogens (tertiary/aromatic N) is 3. The Bertz CT molecular complexity index is 357. The first kappa shape index (κ1) is 6.95. The molecule has 3 nitrogen and oxygen atoms in total. The number of fused-ring (bicyclic) bond motifs is 1. The van der Waals surface area contributed by atoms with Crippen molar-refractivity contribution in [1.29, 1.82) is 0 Å². The molecule has 0 saturated carbocycles. The summed E-state index contributed by atoms with van der Waals surface area (Å²) >= 11 is 0.0703. The molecule has 0 fully saturated rings. The average Bonchev–Trinajstić information content (AvgIpc) is 2.45. The molecule has 0 aliphatic heterocycles. The Morgan fingerprint density at radius 1 is 1.18 bits per heavy atom. The van der Waals surface area contributed by atoms with Crippen LogP contribution in [0.5, 0.6) is 0 Å². The molecule has 0 aromatic carbocycles. The normalized spacial score (nSPS) is 10.7. The molecular formula is C7H7N3Se. The number of rotatable bonds is 0. The molecule has 11 heavy (non-hydrogen) atoms. The maximum absolute atomic E-state index is 4.32. The predicted molar refractivity (Wildman–Crippen MR) is 43.7 cm³/mol. The third-order valence-corrected chi connectivity index (χ3v) is 2.77. The van der Waals surface area contributed by atoms with Gasteiger partial charge in [-0.25, -0.2) is 0 Å². The predicted octanol–water partition coefficient (Wildman–Crippen LogP) is 0.699. The monoisotopic (exact) mass is 213 g/mol. The summed E-state index contributed by atoms with van der Waals surface area (Å²) in [4.78, 5) is 4.21. The van der Waals surface area contributed by atoms with Gasteiger partial charge in [-0.2, -0.15) is 0 Å². The first-order valence-corrected chi connectivity index (χ1v) is 4.87. The first-order chi connectivity index (χ1) is 5.29. The zero-order valence-electron chi connectivity index (χ0n) is 6.33. The molecule has 2 aromatic rings. The summed E-state index contributed by atoms with van der Waals surface area (Å²) in [6.07, 6.45) is 1.86. The van der Waals surface area contributed by atoms with Gasteiger partial charge in [0.05, 0.1) is 0 Å². The van der Waals surface area contributed by atoms with Gasteiger partial charge in [0, 0.05) is 0 Å². The van der Waals surface area contributed by atoms with Crippen LogP contribution in [0.2, 0.25) is 0 Å². The Morgan fingerprint density at radius 3 is 2.64 bits per heavy atom. The number of pyridine rings is 1. The number of hydrogen-bond acceptors (Lipinski definition) is 3. The van der Waals surface area contributed by atoms with Gasteiger partial charge in [-0.05, 0) is 0 Å². The van der Waals surface area contributed by atoms with Crippen molar-refractivity contribution in [2.45, 2.75) is 13.8 Å². The third-order valence-electron chi connectivity index (χ3n) is 1.66. The van der Waals surface area contributed by atoms with Crippen LogP contribution >= 0.6 is 0 Å². The quantitative estimate of drug-likeness (QED) is 0.603. The second-order valence-electron chi connectivity index (χ2n) is 2.49. The van der Waals surface area contributed by atoms with Crippen LogP contribution in [-0.2, 0) is 0 Å². The van der Waals surface area contributed by atoms with Crippen molar-refractivity contribution in [3.8, 4) is 0 Å². The van der Waals surface area contributed by atoms with E-state index in [1.165, 1.54) is 0 Å². The fraction of sp³-hybridized carbons (Fsp3) is 0.286. The molecule has 56 valence electrons. The van der Waals surface area contributed by atoms with E-state index in [4.69, 9.17) is 0 Å². The molecule has 0 spiro atoms. The number of aryl methyl sites for hydroxylation is 2. The standard InChI is InChI=1S/C7H7N3Se/c1-4-3-8-5(2)7-6(4)9-11-10-7/h3H,1-2H3. The van der Waals surface area contributed by atoms with Gasteiger partial charge in [0.1, 0.15) is 0 Å². The Balaban J connectivity index is 2.96. The fourth-order valence-electron chi connectivity index (χ4n) is 1.00. The molecule has 0 N–H and O–H groups in total. The van der Waals surface area contributed by atoms with Crippen LogP contribution in [0, 0.1) is 13.8 Å². The minimum atomic E-state index is 0.0703. The molecule has 0 aliphatic rings. The molecule has 0 amide bonds. The van der Waals surface area contributed by atoms with Crippen molar-refractivity contribution in [3.63, 3.8) is 0 Å². The molecule has 0 unspecified atom stereocenters. The summed E-state index contributed by atoms with van der Waals surface area (Å²) in [5, 5.41) is 0. The molecule has 2 aromatic heterocycles.